The van der Waals surface area contributed by atoms with Gasteiger partial charge in [-0.1, -0.05) is 77.4 Å². The number of rotatable bonds is 9. The van der Waals surface area contributed by atoms with Crippen LogP contribution in [0.15, 0.2) is 12.2 Å². The van der Waals surface area contributed by atoms with E-state index in [1.54, 1.807) is 0 Å². The van der Waals surface area contributed by atoms with Crippen LogP contribution < -0.4 is 0 Å². The van der Waals surface area contributed by atoms with Gasteiger partial charge in [0.25, 0.3) is 0 Å². The highest BCUT2D eigenvalue weighted by atomic mass is 16.1. The second-order valence-electron chi connectivity index (χ2n) is 8.02. The van der Waals surface area contributed by atoms with Crippen LogP contribution in [0.3, 0.4) is 0 Å². The Balaban J connectivity index is 0.000000187. The van der Waals surface area contributed by atoms with Crippen molar-refractivity contribution in [3.8, 4) is 0 Å². The van der Waals surface area contributed by atoms with E-state index in [0.29, 0.717) is 23.7 Å². The molecule has 136 valence electrons. The molecule has 0 saturated heterocycles. The molecule has 6 atom stereocenters. The molecule has 0 aromatic rings. The van der Waals surface area contributed by atoms with Crippen LogP contribution in [-0.2, 0) is 9.59 Å². The van der Waals surface area contributed by atoms with E-state index in [9.17, 15) is 9.59 Å². The summed E-state index contributed by atoms with van der Waals surface area (Å²) in [5.41, 5.74) is 0. The third kappa shape index (κ3) is 4.37. The van der Waals surface area contributed by atoms with E-state index < -0.39 is 0 Å². The zero-order valence-corrected chi connectivity index (χ0v) is 15.7. The van der Waals surface area contributed by atoms with Crippen molar-refractivity contribution < 1.29 is 9.59 Å². The standard InChI is InChI=1S/C12H14O2.C10H22/c13-5-11-9-4-10(12(11)6-14)8-3-1-2-7(8)9;1-3-5-7-9-10-8-6-4-2/h1-2,5-12H,3-4H2;3-10H2,1-2H3. The molecule has 0 radical (unpaired) electrons. The Hall–Kier alpha value is -0.920. The van der Waals surface area contributed by atoms with Crippen molar-refractivity contribution in [3.05, 3.63) is 12.2 Å². The van der Waals surface area contributed by atoms with Gasteiger partial charge in [-0.05, 0) is 36.5 Å². The van der Waals surface area contributed by atoms with Gasteiger partial charge in [0.1, 0.15) is 12.6 Å². The zero-order valence-electron chi connectivity index (χ0n) is 15.7. The number of hydrogen-bond acceptors (Lipinski definition) is 2. The molecule has 3 aliphatic rings. The number of unbranched alkanes of at least 4 members (excludes halogenated alkanes) is 7. The molecule has 0 aromatic carbocycles. The zero-order chi connectivity index (χ0) is 17.4. The quantitative estimate of drug-likeness (QED) is 0.312. The average Bonchev–Trinajstić information content (AvgIpc) is 3.29. The lowest BCUT2D eigenvalue weighted by Gasteiger charge is -2.32. The van der Waals surface area contributed by atoms with Gasteiger partial charge in [-0.3, -0.25) is 0 Å². The van der Waals surface area contributed by atoms with Crippen LogP contribution >= 0.6 is 0 Å². The minimum Gasteiger partial charge on any atom is -0.303 e. The van der Waals surface area contributed by atoms with Crippen LogP contribution in [0.1, 0.15) is 78.1 Å². The van der Waals surface area contributed by atoms with Gasteiger partial charge >= 0.3 is 0 Å². The first-order valence-corrected chi connectivity index (χ1v) is 10.4. The molecular weight excluding hydrogens is 296 g/mol. The van der Waals surface area contributed by atoms with Gasteiger partial charge in [0.15, 0.2) is 0 Å². The molecule has 2 nitrogen and oxygen atoms in total. The molecule has 3 rings (SSSR count). The molecule has 0 aromatic heterocycles. The third-order valence-corrected chi connectivity index (χ3v) is 6.55. The summed E-state index contributed by atoms with van der Waals surface area (Å²) in [6, 6.07) is 0. The summed E-state index contributed by atoms with van der Waals surface area (Å²) in [7, 11) is 0. The first kappa shape index (κ1) is 19.4. The summed E-state index contributed by atoms with van der Waals surface area (Å²) in [5.74, 6) is 2.28. The first-order chi connectivity index (χ1) is 11.8. The predicted molar refractivity (Wildman–Crippen MR) is 99.7 cm³/mol. The van der Waals surface area contributed by atoms with Crippen LogP contribution in [0.4, 0.5) is 0 Å². The van der Waals surface area contributed by atoms with E-state index in [1.807, 2.05) is 0 Å². The highest BCUT2D eigenvalue weighted by Crippen LogP contribution is 2.60. The van der Waals surface area contributed by atoms with Crippen molar-refractivity contribution in [2.45, 2.75) is 78.1 Å². The van der Waals surface area contributed by atoms with Gasteiger partial charge < -0.3 is 9.59 Å². The maximum absolute atomic E-state index is 11.0. The molecular formula is C22H36O2. The molecule has 3 aliphatic carbocycles. The van der Waals surface area contributed by atoms with Crippen molar-refractivity contribution in [2.75, 3.05) is 0 Å². The maximum Gasteiger partial charge on any atom is 0.124 e. The fourth-order valence-corrected chi connectivity index (χ4v) is 5.28. The van der Waals surface area contributed by atoms with E-state index in [1.165, 1.54) is 51.4 Å². The molecule has 0 heterocycles. The number of carbonyl (C=O) groups excluding carboxylic acids is 2. The minimum atomic E-state index is 0.0153. The Morgan fingerprint density at radius 1 is 0.792 bits per heavy atom. The fourth-order valence-electron chi connectivity index (χ4n) is 5.28. The number of hydrogen-bond donors (Lipinski definition) is 0. The Morgan fingerprint density at radius 3 is 1.88 bits per heavy atom. The van der Waals surface area contributed by atoms with E-state index in [0.717, 1.165) is 25.4 Å². The Kier molecular flexibility index (Phi) is 8.21. The lowest BCUT2D eigenvalue weighted by Crippen LogP contribution is -2.34. The predicted octanol–water partition coefficient (Wildman–Crippen LogP) is 5.61. The van der Waals surface area contributed by atoms with Crippen LogP contribution in [-0.4, -0.2) is 12.6 Å². The van der Waals surface area contributed by atoms with Gasteiger partial charge in [-0.25, -0.2) is 0 Å². The van der Waals surface area contributed by atoms with Crippen LogP contribution in [0, 0.1) is 35.5 Å². The van der Waals surface area contributed by atoms with Crippen molar-refractivity contribution in [1.82, 2.24) is 0 Å². The third-order valence-electron chi connectivity index (χ3n) is 6.55. The number of fused-ring (bicyclic) bond motifs is 5. The highest BCUT2D eigenvalue weighted by molar-refractivity contribution is 5.67. The molecule has 0 aliphatic heterocycles. The lowest BCUT2D eigenvalue weighted by molar-refractivity contribution is -0.122. The number of carbonyl (C=O) groups is 2. The van der Waals surface area contributed by atoms with Crippen LogP contribution in [0.2, 0.25) is 0 Å². The van der Waals surface area contributed by atoms with Gasteiger partial charge in [0.05, 0.1) is 0 Å². The van der Waals surface area contributed by atoms with E-state index in [2.05, 4.69) is 26.0 Å². The fraction of sp³-hybridized carbons (Fsp3) is 0.818. The normalized spacial score (nSPS) is 35.4. The summed E-state index contributed by atoms with van der Waals surface area (Å²) in [5, 5.41) is 0. The monoisotopic (exact) mass is 332 g/mol. The highest BCUT2D eigenvalue weighted by Gasteiger charge is 2.57. The van der Waals surface area contributed by atoms with Gasteiger partial charge in [0, 0.05) is 11.8 Å². The molecule has 0 spiro atoms. The molecule has 2 fully saturated rings. The molecule has 6 unspecified atom stereocenters. The lowest BCUT2D eigenvalue weighted by atomic mass is 9.70. The van der Waals surface area contributed by atoms with Crippen molar-refractivity contribution in [3.63, 3.8) is 0 Å². The summed E-state index contributed by atoms with van der Waals surface area (Å²) in [6.07, 6.45) is 20.2. The summed E-state index contributed by atoms with van der Waals surface area (Å²) in [6.45, 7) is 4.54. The van der Waals surface area contributed by atoms with Gasteiger partial charge in [0.2, 0.25) is 0 Å². The molecule has 24 heavy (non-hydrogen) atoms. The van der Waals surface area contributed by atoms with Gasteiger partial charge in [-0.15, -0.1) is 0 Å². The molecule has 0 N–H and O–H groups in total. The SMILES string of the molecule is CCCCCCCCCC.O=CC1C(C=O)C2CC1C1C=CCC12. The number of allylic oxidation sites excluding steroid dienone is 2. The second kappa shape index (κ2) is 10.2. The van der Waals surface area contributed by atoms with E-state index in [4.69, 9.17) is 0 Å². The average molecular weight is 333 g/mol. The summed E-state index contributed by atoms with van der Waals surface area (Å²) >= 11 is 0. The number of aldehydes is 2. The van der Waals surface area contributed by atoms with E-state index >= 15 is 0 Å². The Morgan fingerprint density at radius 2 is 1.33 bits per heavy atom. The van der Waals surface area contributed by atoms with E-state index in [-0.39, 0.29) is 11.8 Å². The first-order valence-electron chi connectivity index (χ1n) is 10.4. The van der Waals surface area contributed by atoms with Crippen LogP contribution in [0.25, 0.3) is 0 Å². The van der Waals surface area contributed by atoms with Crippen molar-refractivity contribution in [1.29, 1.82) is 0 Å². The molecule has 2 heteroatoms. The molecule has 0 amide bonds. The molecule has 2 saturated carbocycles. The van der Waals surface area contributed by atoms with Crippen LogP contribution in [0.5, 0.6) is 0 Å². The Labute approximate surface area is 148 Å². The van der Waals surface area contributed by atoms with Crippen molar-refractivity contribution >= 4 is 12.6 Å². The molecule has 2 bridgehead atoms. The second-order valence-corrected chi connectivity index (χ2v) is 8.02. The smallest absolute Gasteiger partial charge is 0.124 e. The summed E-state index contributed by atoms with van der Waals surface area (Å²) in [4.78, 5) is 21.9. The Bertz CT molecular complexity index is 406. The minimum absolute atomic E-state index is 0.0153. The summed E-state index contributed by atoms with van der Waals surface area (Å²) < 4.78 is 0. The maximum atomic E-state index is 11.0. The largest absolute Gasteiger partial charge is 0.303 e. The van der Waals surface area contributed by atoms with Gasteiger partial charge in [-0.2, -0.15) is 0 Å². The van der Waals surface area contributed by atoms with Crippen molar-refractivity contribution in [2.24, 2.45) is 35.5 Å². The topological polar surface area (TPSA) is 34.1 Å².